The van der Waals surface area contributed by atoms with Crippen molar-refractivity contribution in [2.75, 3.05) is 18.4 Å². The number of sulfonamides is 1. The number of piperidine rings is 1. The lowest BCUT2D eigenvalue weighted by atomic mass is 9.98. The normalized spacial score (nSPS) is 17.1. The van der Waals surface area contributed by atoms with Gasteiger partial charge in [0.1, 0.15) is 11.5 Å². The first-order valence-corrected chi connectivity index (χ1v) is 13.0. The molecule has 3 aromatic rings. The molecule has 1 aliphatic rings. The molecule has 0 saturated carbocycles. The summed E-state index contributed by atoms with van der Waals surface area (Å²) in [6, 6.07) is 13.8. The lowest BCUT2D eigenvalue weighted by Crippen LogP contribution is -2.43. The van der Waals surface area contributed by atoms with Crippen LogP contribution in [0.4, 0.5) is 10.1 Å². The molecule has 2 heterocycles. The Labute approximate surface area is 204 Å². The van der Waals surface area contributed by atoms with Crippen molar-refractivity contribution in [3.05, 3.63) is 76.9 Å². The monoisotopic (exact) mass is 497 g/mol. The van der Waals surface area contributed by atoms with Gasteiger partial charge in [-0.05, 0) is 62.1 Å². The lowest BCUT2D eigenvalue weighted by molar-refractivity contribution is -0.120. The fraction of sp³-hybridized carbons (Fsp3) is 0.308. The Morgan fingerprint density at radius 1 is 1.20 bits per heavy atom. The van der Waals surface area contributed by atoms with Crippen molar-refractivity contribution in [2.24, 2.45) is 5.92 Å². The van der Waals surface area contributed by atoms with E-state index in [4.69, 9.17) is 4.52 Å². The Hall–Kier alpha value is -3.30. The molecule has 1 N–H and O–H groups in total. The zero-order valence-electron chi connectivity index (χ0n) is 19.7. The number of carbonyl (C=O) groups is 1. The van der Waals surface area contributed by atoms with Crippen LogP contribution in [0.15, 0.2) is 57.9 Å². The topological polar surface area (TPSA) is 92.5 Å². The Balaban J connectivity index is 1.52. The van der Waals surface area contributed by atoms with Crippen molar-refractivity contribution in [3.63, 3.8) is 0 Å². The maximum absolute atomic E-state index is 14.0. The average molecular weight is 498 g/mol. The predicted octanol–water partition coefficient (Wildman–Crippen LogP) is 4.89. The molecule has 2 aromatic carbocycles. The fourth-order valence-electron chi connectivity index (χ4n) is 4.15. The maximum atomic E-state index is 14.0. The third-order valence-corrected chi connectivity index (χ3v) is 8.16. The highest BCUT2D eigenvalue weighted by molar-refractivity contribution is 7.89. The van der Waals surface area contributed by atoms with E-state index in [2.05, 4.69) is 17.4 Å². The van der Waals surface area contributed by atoms with Crippen LogP contribution in [0.1, 0.15) is 42.3 Å². The molecule has 1 fully saturated rings. The molecule has 0 spiro atoms. The van der Waals surface area contributed by atoms with Gasteiger partial charge in [0.25, 0.3) is 0 Å². The third kappa shape index (κ3) is 5.52. The van der Waals surface area contributed by atoms with E-state index in [1.807, 2.05) is 24.3 Å². The molecule has 0 unspecified atom stereocenters. The number of carbonyl (C=O) groups excluding carboxylic acids is 1. The molecule has 1 aliphatic heterocycles. The second-order valence-electron chi connectivity index (χ2n) is 8.56. The molecular formula is C26H28FN3O4S. The van der Waals surface area contributed by atoms with E-state index in [1.54, 1.807) is 25.1 Å². The molecule has 0 bridgehead atoms. The van der Waals surface area contributed by atoms with Gasteiger partial charge < -0.3 is 9.84 Å². The summed E-state index contributed by atoms with van der Waals surface area (Å²) >= 11 is 0. The highest BCUT2D eigenvalue weighted by Gasteiger charge is 2.37. The zero-order chi connectivity index (χ0) is 25.0. The SMILES string of the molecule is CCc1ccc(NC(=O)[C@@H]2CCCN(S(=O)(=O)c3c(C)noc3/C=C/c3ccccc3F)C2)cc1. The van der Waals surface area contributed by atoms with Crippen molar-refractivity contribution >= 4 is 33.8 Å². The first-order chi connectivity index (χ1) is 16.8. The first kappa shape index (κ1) is 24.8. The van der Waals surface area contributed by atoms with E-state index in [9.17, 15) is 17.6 Å². The number of amides is 1. The molecule has 1 saturated heterocycles. The van der Waals surface area contributed by atoms with E-state index < -0.39 is 21.8 Å². The number of aromatic nitrogens is 1. The van der Waals surface area contributed by atoms with E-state index in [-0.39, 0.29) is 28.8 Å². The highest BCUT2D eigenvalue weighted by Crippen LogP contribution is 2.30. The van der Waals surface area contributed by atoms with Gasteiger partial charge in [-0.2, -0.15) is 4.31 Å². The Bertz CT molecular complexity index is 1330. The van der Waals surface area contributed by atoms with Gasteiger partial charge in [-0.25, -0.2) is 12.8 Å². The molecule has 1 aromatic heterocycles. The van der Waals surface area contributed by atoms with Crippen molar-refractivity contribution in [3.8, 4) is 0 Å². The molecule has 35 heavy (non-hydrogen) atoms. The number of aryl methyl sites for hydroxylation is 2. The quantitative estimate of drug-likeness (QED) is 0.502. The molecule has 184 valence electrons. The summed E-state index contributed by atoms with van der Waals surface area (Å²) in [4.78, 5) is 12.8. The summed E-state index contributed by atoms with van der Waals surface area (Å²) in [6.45, 7) is 3.95. The molecular weight excluding hydrogens is 469 g/mol. The van der Waals surface area contributed by atoms with E-state index in [0.29, 0.717) is 30.6 Å². The number of anilines is 1. The van der Waals surface area contributed by atoms with Crippen LogP contribution in [0.25, 0.3) is 12.2 Å². The van der Waals surface area contributed by atoms with E-state index in [0.717, 1.165) is 6.42 Å². The van der Waals surface area contributed by atoms with Gasteiger partial charge in [-0.3, -0.25) is 4.79 Å². The Morgan fingerprint density at radius 2 is 1.94 bits per heavy atom. The van der Waals surface area contributed by atoms with Gasteiger partial charge in [0.15, 0.2) is 10.7 Å². The highest BCUT2D eigenvalue weighted by atomic mass is 32.2. The fourth-order valence-corrected chi connectivity index (χ4v) is 5.92. The van der Waals surface area contributed by atoms with Crippen molar-refractivity contribution in [2.45, 2.75) is 38.0 Å². The lowest BCUT2D eigenvalue weighted by Gasteiger charge is -2.31. The van der Waals surface area contributed by atoms with Crippen molar-refractivity contribution in [1.29, 1.82) is 0 Å². The minimum absolute atomic E-state index is 0.0216. The number of benzene rings is 2. The minimum Gasteiger partial charge on any atom is -0.355 e. The largest absolute Gasteiger partial charge is 0.355 e. The smallest absolute Gasteiger partial charge is 0.248 e. The first-order valence-electron chi connectivity index (χ1n) is 11.6. The summed E-state index contributed by atoms with van der Waals surface area (Å²) in [5.41, 5.74) is 2.36. The van der Waals surface area contributed by atoms with Gasteiger partial charge in [0.2, 0.25) is 15.9 Å². The van der Waals surface area contributed by atoms with Crippen molar-refractivity contribution < 1.29 is 22.1 Å². The molecule has 7 nitrogen and oxygen atoms in total. The summed E-state index contributed by atoms with van der Waals surface area (Å²) in [5, 5.41) is 6.73. The van der Waals surface area contributed by atoms with Crippen LogP contribution in [-0.4, -0.2) is 36.9 Å². The number of nitrogens with one attached hydrogen (secondary N) is 1. The number of rotatable bonds is 7. The van der Waals surface area contributed by atoms with Crippen LogP contribution in [0.2, 0.25) is 0 Å². The van der Waals surface area contributed by atoms with Crippen LogP contribution in [-0.2, 0) is 21.2 Å². The second kappa shape index (κ2) is 10.5. The molecule has 0 aliphatic carbocycles. The minimum atomic E-state index is -3.99. The maximum Gasteiger partial charge on any atom is 0.248 e. The van der Waals surface area contributed by atoms with Crippen LogP contribution in [0, 0.1) is 18.7 Å². The van der Waals surface area contributed by atoms with Crippen LogP contribution >= 0.6 is 0 Å². The van der Waals surface area contributed by atoms with E-state index in [1.165, 1.54) is 28.1 Å². The van der Waals surface area contributed by atoms with Crippen LogP contribution < -0.4 is 5.32 Å². The van der Waals surface area contributed by atoms with Crippen molar-refractivity contribution in [1.82, 2.24) is 9.46 Å². The number of hydrogen-bond donors (Lipinski definition) is 1. The summed E-state index contributed by atoms with van der Waals surface area (Å²) in [6.07, 6.45) is 4.90. The Kier molecular flexibility index (Phi) is 7.47. The van der Waals surface area contributed by atoms with Gasteiger partial charge in [0.05, 0.1) is 5.92 Å². The van der Waals surface area contributed by atoms with Crippen LogP contribution in [0.5, 0.6) is 0 Å². The molecule has 9 heteroatoms. The Morgan fingerprint density at radius 3 is 2.66 bits per heavy atom. The standard InChI is InChI=1S/C26H28FN3O4S/c1-3-19-10-13-22(14-11-19)28-26(31)21-8-6-16-30(17-21)35(32,33)25-18(2)29-34-24(25)15-12-20-7-4-5-9-23(20)27/h4-5,7,9-15,21H,3,6,8,16-17H2,1-2H3,(H,28,31)/b15-12+/t21-/m1/s1. The second-order valence-corrected chi connectivity index (χ2v) is 10.4. The molecule has 0 radical (unpaired) electrons. The molecule has 1 amide bonds. The number of halogens is 1. The van der Waals surface area contributed by atoms with E-state index >= 15 is 0 Å². The summed E-state index contributed by atoms with van der Waals surface area (Å²) in [7, 11) is -3.99. The third-order valence-electron chi connectivity index (χ3n) is 6.14. The molecule has 4 rings (SSSR count). The summed E-state index contributed by atoms with van der Waals surface area (Å²) < 4.78 is 47.6. The van der Waals surface area contributed by atoms with Gasteiger partial charge in [-0.1, -0.05) is 42.4 Å². The predicted molar refractivity (Wildman–Crippen MR) is 133 cm³/mol. The average Bonchev–Trinajstić information content (AvgIpc) is 3.25. The summed E-state index contributed by atoms with van der Waals surface area (Å²) in [5.74, 6) is -1.11. The van der Waals surface area contributed by atoms with Gasteiger partial charge >= 0.3 is 0 Å². The molecule has 1 atom stereocenters. The number of hydrogen-bond acceptors (Lipinski definition) is 5. The zero-order valence-corrected chi connectivity index (χ0v) is 20.5. The number of nitrogens with zero attached hydrogens (tertiary/aromatic N) is 2. The van der Waals surface area contributed by atoms with Crippen LogP contribution in [0.3, 0.4) is 0 Å². The van der Waals surface area contributed by atoms with Gasteiger partial charge in [0, 0.05) is 24.3 Å². The van der Waals surface area contributed by atoms with Gasteiger partial charge in [-0.15, -0.1) is 0 Å².